The number of carbonyl (C=O) groups excluding carboxylic acids is 1. The molecule has 0 unspecified atom stereocenters. The molecule has 0 aliphatic carbocycles. The van der Waals surface area contributed by atoms with Crippen LogP contribution in [0.2, 0.25) is 5.02 Å². The van der Waals surface area contributed by atoms with E-state index in [1.807, 2.05) is 13.8 Å². The van der Waals surface area contributed by atoms with Crippen LogP contribution < -0.4 is 10.1 Å². The minimum atomic E-state index is -3.74. The van der Waals surface area contributed by atoms with E-state index in [0.717, 1.165) is 12.8 Å². The Hall–Kier alpha value is -1.31. The van der Waals surface area contributed by atoms with E-state index < -0.39 is 10.0 Å². The van der Waals surface area contributed by atoms with Crippen molar-refractivity contribution >= 4 is 27.5 Å². The monoisotopic (exact) mass is 390 g/mol. The standard InChI is InChI=1S/C17H27ClN2O4S/c1-5-8-13(4)19-17(21)12-24-15-10-9-14(18)11-16(15)25(22,23)20(6-2)7-3/h9-11,13H,5-8,12H2,1-4H3,(H,19,21)/t13-/m1/s1. The van der Waals surface area contributed by atoms with Crippen LogP contribution in [0.1, 0.15) is 40.5 Å². The van der Waals surface area contributed by atoms with Crippen LogP contribution >= 0.6 is 11.6 Å². The minimum absolute atomic E-state index is 0.0295. The summed E-state index contributed by atoms with van der Waals surface area (Å²) in [6.45, 7) is 7.89. The molecule has 1 atom stereocenters. The van der Waals surface area contributed by atoms with Gasteiger partial charge in [0.2, 0.25) is 10.0 Å². The molecule has 0 heterocycles. The number of rotatable bonds is 10. The minimum Gasteiger partial charge on any atom is -0.482 e. The molecule has 1 aromatic rings. The summed E-state index contributed by atoms with van der Waals surface area (Å²) in [5.41, 5.74) is 0. The lowest BCUT2D eigenvalue weighted by atomic mass is 10.2. The van der Waals surface area contributed by atoms with E-state index in [2.05, 4.69) is 5.32 Å². The zero-order valence-electron chi connectivity index (χ0n) is 15.2. The number of amides is 1. The van der Waals surface area contributed by atoms with Gasteiger partial charge in [-0.2, -0.15) is 4.31 Å². The number of hydrogen-bond donors (Lipinski definition) is 1. The summed E-state index contributed by atoms with van der Waals surface area (Å²) < 4.78 is 32.3. The van der Waals surface area contributed by atoms with E-state index in [9.17, 15) is 13.2 Å². The second-order valence-electron chi connectivity index (χ2n) is 5.73. The number of nitrogens with zero attached hydrogens (tertiary/aromatic N) is 1. The number of carbonyl (C=O) groups is 1. The lowest BCUT2D eigenvalue weighted by Crippen LogP contribution is -2.36. The Morgan fingerprint density at radius 3 is 2.48 bits per heavy atom. The van der Waals surface area contributed by atoms with Gasteiger partial charge in [0.25, 0.3) is 5.91 Å². The van der Waals surface area contributed by atoms with Crippen molar-refractivity contribution in [2.45, 2.75) is 51.5 Å². The highest BCUT2D eigenvalue weighted by atomic mass is 35.5. The average Bonchev–Trinajstić information content (AvgIpc) is 2.54. The van der Waals surface area contributed by atoms with Crippen molar-refractivity contribution in [1.82, 2.24) is 9.62 Å². The van der Waals surface area contributed by atoms with E-state index in [-0.39, 0.29) is 29.2 Å². The summed E-state index contributed by atoms with van der Waals surface area (Å²) in [5.74, 6) is -0.170. The van der Waals surface area contributed by atoms with Gasteiger partial charge in [-0.25, -0.2) is 8.42 Å². The Labute approximate surface area is 155 Å². The van der Waals surface area contributed by atoms with Crippen LogP contribution in [0.3, 0.4) is 0 Å². The molecule has 0 aromatic heterocycles. The fraction of sp³-hybridized carbons (Fsp3) is 0.588. The second kappa shape index (κ2) is 9.99. The third-order valence-electron chi connectivity index (χ3n) is 3.72. The SMILES string of the molecule is CCC[C@@H](C)NC(=O)COc1ccc(Cl)cc1S(=O)(=O)N(CC)CC. The second-order valence-corrected chi connectivity index (χ2v) is 8.07. The molecule has 25 heavy (non-hydrogen) atoms. The number of nitrogens with one attached hydrogen (secondary N) is 1. The summed E-state index contributed by atoms with van der Waals surface area (Å²) in [7, 11) is -3.74. The molecule has 6 nitrogen and oxygen atoms in total. The van der Waals surface area contributed by atoms with E-state index in [1.165, 1.54) is 22.5 Å². The molecule has 142 valence electrons. The maximum atomic E-state index is 12.8. The zero-order valence-corrected chi connectivity index (χ0v) is 16.8. The Kier molecular flexibility index (Phi) is 8.68. The van der Waals surface area contributed by atoms with Crippen LogP contribution in [-0.2, 0) is 14.8 Å². The highest BCUT2D eigenvalue weighted by Gasteiger charge is 2.26. The van der Waals surface area contributed by atoms with E-state index in [1.54, 1.807) is 13.8 Å². The molecule has 1 N–H and O–H groups in total. The number of benzene rings is 1. The summed E-state index contributed by atoms with van der Waals surface area (Å²) in [5, 5.41) is 3.11. The zero-order chi connectivity index (χ0) is 19.0. The fourth-order valence-electron chi connectivity index (χ4n) is 2.47. The van der Waals surface area contributed by atoms with Crippen LogP contribution in [-0.4, -0.2) is 44.4 Å². The fourth-order valence-corrected chi connectivity index (χ4v) is 4.32. The van der Waals surface area contributed by atoms with Gasteiger partial charge < -0.3 is 10.1 Å². The van der Waals surface area contributed by atoms with Gasteiger partial charge in [0.1, 0.15) is 10.6 Å². The molecule has 0 aliphatic rings. The first-order valence-electron chi connectivity index (χ1n) is 8.48. The van der Waals surface area contributed by atoms with Gasteiger partial charge in [0.05, 0.1) is 0 Å². The van der Waals surface area contributed by atoms with Crippen LogP contribution in [0.5, 0.6) is 5.75 Å². The normalized spacial score (nSPS) is 12.9. The van der Waals surface area contributed by atoms with Crippen LogP contribution in [0.4, 0.5) is 0 Å². The van der Waals surface area contributed by atoms with Crippen molar-refractivity contribution in [2.24, 2.45) is 0 Å². The molecule has 0 aliphatic heterocycles. The van der Waals surface area contributed by atoms with Crippen molar-refractivity contribution in [3.63, 3.8) is 0 Å². The van der Waals surface area contributed by atoms with Gasteiger partial charge in [-0.05, 0) is 31.5 Å². The molecular weight excluding hydrogens is 364 g/mol. The maximum Gasteiger partial charge on any atom is 0.258 e. The van der Waals surface area contributed by atoms with Gasteiger partial charge in [0, 0.05) is 24.2 Å². The molecule has 0 fully saturated rings. The lowest BCUT2D eigenvalue weighted by Gasteiger charge is -2.21. The first-order chi connectivity index (χ1) is 11.8. The van der Waals surface area contributed by atoms with Gasteiger partial charge >= 0.3 is 0 Å². The highest BCUT2D eigenvalue weighted by Crippen LogP contribution is 2.29. The third-order valence-corrected chi connectivity index (χ3v) is 6.02. The predicted octanol–water partition coefficient (Wildman–Crippen LogP) is 3.05. The molecule has 0 spiro atoms. The Morgan fingerprint density at radius 1 is 1.28 bits per heavy atom. The lowest BCUT2D eigenvalue weighted by molar-refractivity contribution is -0.123. The first-order valence-corrected chi connectivity index (χ1v) is 10.3. The number of hydrogen-bond acceptors (Lipinski definition) is 4. The topological polar surface area (TPSA) is 75.7 Å². The molecule has 0 radical (unpaired) electrons. The van der Waals surface area contributed by atoms with Crippen molar-refractivity contribution < 1.29 is 17.9 Å². The van der Waals surface area contributed by atoms with Crippen molar-refractivity contribution in [3.05, 3.63) is 23.2 Å². The summed E-state index contributed by atoms with van der Waals surface area (Å²) in [6, 6.07) is 4.41. The molecule has 1 aromatic carbocycles. The third kappa shape index (κ3) is 6.17. The number of sulfonamides is 1. The van der Waals surface area contributed by atoms with Gasteiger partial charge in [-0.3, -0.25) is 4.79 Å². The van der Waals surface area contributed by atoms with Crippen molar-refractivity contribution in [3.8, 4) is 5.75 Å². The Bertz CT molecular complexity index is 675. The molecule has 0 saturated heterocycles. The van der Waals surface area contributed by atoms with Gasteiger partial charge in [0.15, 0.2) is 6.61 Å². The summed E-state index contributed by atoms with van der Waals surface area (Å²) in [6.07, 6.45) is 1.83. The molecule has 0 bridgehead atoms. The molecular formula is C17H27ClN2O4S. The molecule has 1 amide bonds. The van der Waals surface area contributed by atoms with E-state index in [0.29, 0.717) is 18.1 Å². The molecule has 1 rings (SSSR count). The van der Waals surface area contributed by atoms with Gasteiger partial charge in [-0.1, -0.05) is 38.8 Å². The van der Waals surface area contributed by atoms with Gasteiger partial charge in [-0.15, -0.1) is 0 Å². The van der Waals surface area contributed by atoms with Crippen LogP contribution in [0, 0.1) is 0 Å². The highest BCUT2D eigenvalue weighted by molar-refractivity contribution is 7.89. The first kappa shape index (κ1) is 21.7. The number of ether oxygens (including phenoxy) is 1. The Balaban J connectivity index is 2.97. The summed E-state index contributed by atoms with van der Waals surface area (Å²) in [4.78, 5) is 11.9. The smallest absolute Gasteiger partial charge is 0.258 e. The predicted molar refractivity (Wildman–Crippen MR) is 99.6 cm³/mol. The summed E-state index contributed by atoms with van der Waals surface area (Å²) >= 11 is 5.96. The molecule has 0 saturated carbocycles. The van der Waals surface area contributed by atoms with E-state index in [4.69, 9.17) is 16.3 Å². The maximum absolute atomic E-state index is 12.8. The van der Waals surface area contributed by atoms with Crippen molar-refractivity contribution in [2.75, 3.05) is 19.7 Å². The number of halogens is 1. The Morgan fingerprint density at radius 2 is 1.92 bits per heavy atom. The van der Waals surface area contributed by atoms with E-state index >= 15 is 0 Å². The molecule has 8 heteroatoms. The van der Waals surface area contributed by atoms with Crippen LogP contribution in [0.15, 0.2) is 23.1 Å². The quantitative estimate of drug-likeness (QED) is 0.666. The van der Waals surface area contributed by atoms with Crippen LogP contribution in [0.25, 0.3) is 0 Å². The van der Waals surface area contributed by atoms with Crippen molar-refractivity contribution in [1.29, 1.82) is 0 Å². The average molecular weight is 391 g/mol. The largest absolute Gasteiger partial charge is 0.482 e.